The molecule has 3 rings (SSSR count). The van der Waals surface area contributed by atoms with Crippen molar-refractivity contribution in [3.8, 4) is 0 Å². The second-order valence-electron chi connectivity index (χ2n) is 5.07. The molecule has 2 aromatic rings. The number of benzene rings is 2. The SMILES string of the molecule is N/N=C(/C[C@@H]1OC(=O)c2ccccc21)c1ccc([N+](=O)[O-])cc1. The maximum atomic E-state index is 11.8. The molecule has 0 unspecified atom stereocenters. The summed E-state index contributed by atoms with van der Waals surface area (Å²) in [6.45, 7) is 0. The van der Waals surface area contributed by atoms with Crippen LogP contribution in [0, 0.1) is 10.1 Å². The second-order valence-corrected chi connectivity index (χ2v) is 5.07. The number of cyclic esters (lactones) is 1. The van der Waals surface area contributed by atoms with Gasteiger partial charge in [-0.3, -0.25) is 10.1 Å². The van der Waals surface area contributed by atoms with Gasteiger partial charge in [0.25, 0.3) is 5.69 Å². The van der Waals surface area contributed by atoms with Crippen LogP contribution in [-0.2, 0) is 4.74 Å². The monoisotopic (exact) mass is 311 g/mol. The predicted octanol–water partition coefficient (Wildman–Crippen LogP) is 2.56. The highest BCUT2D eigenvalue weighted by atomic mass is 16.6. The van der Waals surface area contributed by atoms with Crippen LogP contribution >= 0.6 is 0 Å². The van der Waals surface area contributed by atoms with Crippen LogP contribution in [-0.4, -0.2) is 16.6 Å². The summed E-state index contributed by atoms with van der Waals surface area (Å²) in [5, 5.41) is 14.4. The van der Waals surface area contributed by atoms with Crippen molar-refractivity contribution in [1.29, 1.82) is 0 Å². The van der Waals surface area contributed by atoms with Gasteiger partial charge >= 0.3 is 5.97 Å². The zero-order valence-electron chi connectivity index (χ0n) is 12.0. The van der Waals surface area contributed by atoms with E-state index in [9.17, 15) is 14.9 Å². The number of fused-ring (bicyclic) bond motifs is 1. The van der Waals surface area contributed by atoms with E-state index in [-0.39, 0.29) is 11.7 Å². The van der Waals surface area contributed by atoms with Gasteiger partial charge in [-0.05, 0) is 23.8 Å². The Kier molecular flexibility index (Phi) is 3.76. The van der Waals surface area contributed by atoms with Crippen molar-refractivity contribution in [2.24, 2.45) is 10.9 Å². The zero-order chi connectivity index (χ0) is 16.4. The van der Waals surface area contributed by atoms with Gasteiger partial charge in [0.1, 0.15) is 6.10 Å². The minimum absolute atomic E-state index is 0.0113. The van der Waals surface area contributed by atoms with Gasteiger partial charge in [0.15, 0.2) is 0 Å². The lowest BCUT2D eigenvalue weighted by Gasteiger charge is -2.12. The van der Waals surface area contributed by atoms with E-state index in [1.807, 2.05) is 12.1 Å². The molecule has 0 fully saturated rings. The standard InChI is InChI=1S/C16H13N3O4/c17-18-14(10-5-7-11(8-6-10)19(21)22)9-15-12-3-1-2-4-13(12)16(20)23-15/h1-8,15H,9,17H2/b18-14-/t15-/m0/s1. The molecule has 23 heavy (non-hydrogen) atoms. The Morgan fingerprint density at radius 2 is 1.91 bits per heavy atom. The number of hydrazone groups is 1. The molecule has 0 saturated carbocycles. The quantitative estimate of drug-likeness (QED) is 0.307. The van der Waals surface area contributed by atoms with Crippen LogP contribution in [0.25, 0.3) is 0 Å². The molecule has 0 saturated heterocycles. The summed E-state index contributed by atoms with van der Waals surface area (Å²) >= 11 is 0. The molecular weight excluding hydrogens is 298 g/mol. The van der Waals surface area contributed by atoms with Crippen LogP contribution in [0.5, 0.6) is 0 Å². The van der Waals surface area contributed by atoms with Crippen LogP contribution in [0.3, 0.4) is 0 Å². The Bertz CT molecular complexity index is 799. The minimum atomic E-state index is -0.474. The first kappa shape index (κ1) is 14.7. The molecule has 0 radical (unpaired) electrons. The largest absolute Gasteiger partial charge is 0.453 e. The third-order valence-corrected chi connectivity index (χ3v) is 3.72. The van der Waals surface area contributed by atoms with E-state index in [2.05, 4.69) is 5.10 Å². The summed E-state index contributed by atoms with van der Waals surface area (Å²) in [4.78, 5) is 22.1. The summed E-state index contributed by atoms with van der Waals surface area (Å²) in [5.41, 5.74) is 2.48. The number of ether oxygens (including phenoxy) is 1. The number of hydrogen-bond acceptors (Lipinski definition) is 6. The Labute approximate surface area is 131 Å². The lowest BCUT2D eigenvalue weighted by Crippen LogP contribution is -2.11. The highest BCUT2D eigenvalue weighted by Gasteiger charge is 2.31. The van der Waals surface area contributed by atoms with E-state index >= 15 is 0 Å². The molecule has 1 aliphatic rings. The highest BCUT2D eigenvalue weighted by Crippen LogP contribution is 2.33. The van der Waals surface area contributed by atoms with Gasteiger partial charge in [-0.15, -0.1) is 0 Å². The molecule has 7 heteroatoms. The Hall–Kier alpha value is -3.22. The Morgan fingerprint density at radius 1 is 1.22 bits per heavy atom. The number of nitrogens with zero attached hydrogens (tertiary/aromatic N) is 2. The van der Waals surface area contributed by atoms with Gasteiger partial charge in [0.05, 0.1) is 16.2 Å². The molecule has 7 nitrogen and oxygen atoms in total. The molecule has 1 aliphatic heterocycles. The number of esters is 1. The van der Waals surface area contributed by atoms with Crippen molar-refractivity contribution in [3.05, 3.63) is 75.3 Å². The lowest BCUT2D eigenvalue weighted by molar-refractivity contribution is -0.384. The lowest BCUT2D eigenvalue weighted by atomic mass is 9.98. The number of hydrogen-bond donors (Lipinski definition) is 1. The van der Waals surface area contributed by atoms with Gasteiger partial charge in [0.2, 0.25) is 0 Å². The first-order chi connectivity index (χ1) is 11.1. The van der Waals surface area contributed by atoms with E-state index in [0.29, 0.717) is 23.3 Å². The fourth-order valence-electron chi connectivity index (χ4n) is 2.57. The van der Waals surface area contributed by atoms with Crippen LogP contribution < -0.4 is 5.84 Å². The predicted molar refractivity (Wildman–Crippen MR) is 83.0 cm³/mol. The summed E-state index contributed by atoms with van der Waals surface area (Å²) < 4.78 is 5.36. The molecule has 0 spiro atoms. The van der Waals surface area contributed by atoms with E-state index in [1.165, 1.54) is 12.1 Å². The van der Waals surface area contributed by atoms with Crippen molar-refractivity contribution in [2.45, 2.75) is 12.5 Å². The van der Waals surface area contributed by atoms with E-state index in [1.54, 1.807) is 24.3 Å². The first-order valence-corrected chi connectivity index (χ1v) is 6.91. The van der Waals surface area contributed by atoms with Crippen molar-refractivity contribution in [3.63, 3.8) is 0 Å². The molecule has 0 bridgehead atoms. The average molecular weight is 311 g/mol. The van der Waals surface area contributed by atoms with Gasteiger partial charge < -0.3 is 10.6 Å². The average Bonchev–Trinajstić information content (AvgIpc) is 2.89. The van der Waals surface area contributed by atoms with Crippen molar-refractivity contribution in [1.82, 2.24) is 0 Å². The summed E-state index contributed by atoms with van der Waals surface area (Å²) in [6, 6.07) is 13.1. The maximum absolute atomic E-state index is 11.8. The fraction of sp³-hybridized carbons (Fsp3) is 0.125. The third-order valence-electron chi connectivity index (χ3n) is 3.72. The molecular formula is C16H13N3O4. The first-order valence-electron chi connectivity index (χ1n) is 6.91. The van der Waals surface area contributed by atoms with Crippen LogP contribution in [0.2, 0.25) is 0 Å². The third kappa shape index (κ3) is 2.76. The van der Waals surface area contributed by atoms with Gasteiger partial charge in [-0.2, -0.15) is 5.10 Å². The van der Waals surface area contributed by atoms with Crippen LogP contribution in [0.4, 0.5) is 5.69 Å². The van der Waals surface area contributed by atoms with E-state index < -0.39 is 11.0 Å². The summed E-state index contributed by atoms with van der Waals surface area (Å²) in [7, 11) is 0. The number of nitrogens with two attached hydrogens (primary N) is 1. The van der Waals surface area contributed by atoms with Crippen molar-refractivity contribution < 1.29 is 14.5 Å². The molecule has 0 aliphatic carbocycles. The van der Waals surface area contributed by atoms with Crippen molar-refractivity contribution >= 4 is 17.4 Å². The van der Waals surface area contributed by atoms with Gasteiger partial charge in [0, 0.05) is 24.1 Å². The van der Waals surface area contributed by atoms with Crippen molar-refractivity contribution in [2.75, 3.05) is 0 Å². The summed E-state index contributed by atoms with van der Waals surface area (Å²) in [5.74, 6) is 5.08. The molecule has 0 amide bonds. The highest BCUT2D eigenvalue weighted by molar-refractivity contribution is 6.02. The maximum Gasteiger partial charge on any atom is 0.339 e. The number of carbonyl (C=O) groups is 1. The normalized spacial score (nSPS) is 16.8. The molecule has 1 atom stereocenters. The molecule has 1 heterocycles. The van der Waals surface area contributed by atoms with E-state index in [4.69, 9.17) is 10.6 Å². The number of nitro groups is 1. The second kappa shape index (κ2) is 5.88. The molecule has 2 N–H and O–H groups in total. The van der Waals surface area contributed by atoms with Gasteiger partial charge in [-0.25, -0.2) is 4.79 Å². The molecule has 0 aromatic heterocycles. The Morgan fingerprint density at radius 3 is 2.57 bits per heavy atom. The number of rotatable bonds is 4. The van der Waals surface area contributed by atoms with Crippen LogP contribution in [0.15, 0.2) is 53.6 Å². The topological polar surface area (TPSA) is 108 Å². The van der Waals surface area contributed by atoms with E-state index in [0.717, 1.165) is 5.56 Å². The molecule has 116 valence electrons. The summed E-state index contributed by atoms with van der Waals surface area (Å²) in [6.07, 6.45) is -0.159. The van der Waals surface area contributed by atoms with Crippen LogP contribution in [0.1, 0.15) is 34.0 Å². The van der Waals surface area contributed by atoms with Gasteiger partial charge in [-0.1, -0.05) is 18.2 Å². The smallest absolute Gasteiger partial charge is 0.339 e. The fourth-order valence-corrected chi connectivity index (χ4v) is 2.57. The number of non-ortho nitro benzene ring substituents is 1. The zero-order valence-corrected chi connectivity index (χ0v) is 12.0. The molecule has 2 aromatic carbocycles. The Balaban J connectivity index is 1.84. The number of carbonyl (C=O) groups excluding carboxylic acids is 1. The minimum Gasteiger partial charge on any atom is -0.453 e. The number of nitro benzene ring substituents is 1.